The Balaban J connectivity index is 0.757. The average Bonchev–Trinajstić information content (AvgIpc) is 4.15. The van der Waals surface area contributed by atoms with Crippen LogP contribution in [0.3, 0.4) is 0 Å². The van der Waals surface area contributed by atoms with Crippen molar-refractivity contribution in [1.82, 2.24) is 43.7 Å². The second-order valence-corrected chi connectivity index (χ2v) is 22.3. The molecule has 4 aliphatic rings. The third-order valence-corrected chi connectivity index (χ3v) is 17.6. The Morgan fingerprint density at radius 1 is 0.909 bits per heavy atom. The van der Waals surface area contributed by atoms with Gasteiger partial charge in [0.25, 0.3) is 11.5 Å². The van der Waals surface area contributed by atoms with E-state index in [-0.39, 0.29) is 107 Å². The van der Waals surface area contributed by atoms with Gasteiger partial charge >= 0.3 is 12.1 Å². The van der Waals surface area contributed by atoms with Crippen molar-refractivity contribution >= 4 is 44.8 Å². The highest BCUT2D eigenvalue weighted by Crippen LogP contribution is 2.42. The van der Waals surface area contributed by atoms with E-state index < -0.39 is 33.6 Å². The maximum Gasteiger partial charge on any atom is 0.415 e. The third-order valence-electron chi connectivity index (χ3n) is 15.7. The van der Waals surface area contributed by atoms with E-state index >= 15 is 0 Å². The zero-order valence-corrected chi connectivity index (χ0v) is 44.5. The third kappa shape index (κ3) is 9.14. The summed E-state index contributed by atoms with van der Waals surface area (Å²) in [7, 11) is -2.32. The Morgan fingerprint density at radius 3 is 2.29 bits per heavy atom. The molecule has 3 amide bonds. The summed E-state index contributed by atoms with van der Waals surface area (Å²) < 4.78 is 43.6. The van der Waals surface area contributed by atoms with Crippen LogP contribution in [-0.2, 0) is 49.5 Å². The van der Waals surface area contributed by atoms with Crippen molar-refractivity contribution in [3.63, 3.8) is 0 Å². The van der Waals surface area contributed by atoms with Crippen LogP contribution < -0.4 is 15.6 Å². The van der Waals surface area contributed by atoms with Crippen LogP contribution in [0.4, 0.5) is 4.79 Å². The lowest BCUT2D eigenvalue weighted by Gasteiger charge is -2.39. The number of fused-ring (bicyclic) bond motifs is 5. The normalized spacial score (nSPS) is 18.0. The molecule has 3 aromatic heterocycles. The molecular weight excluding hydrogens is 1010 g/mol. The van der Waals surface area contributed by atoms with Crippen LogP contribution in [0.15, 0.2) is 70.4 Å². The minimum atomic E-state index is -3.99. The number of nitrogens with zero attached hydrogens (tertiary/aromatic N) is 8. The van der Waals surface area contributed by atoms with Crippen LogP contribution in [0, 0.1) is 5.92 Å². The fourth-order valence-electron chi connectivity index (χ4n) is 11.2. The summed E-state index contributed by atoms with van der Waals surface area (Å²) in [4.78, 5) is 75.4. The topological polar surface area (TPSA) is 269 Å². The molecule has 7 heterocycles. The second-order valence-electron chi connectivity index (χ2n) is 20.4. The molecule has 2 fully saturated rings. The molecule has 4 N–H and O–H groups in total. The molecule has 0 saturated carbocycles. The first-order valence-electron chi connectivity index (χ1n) is 26.1. The van der Waals surface area contributed by atoms with E-state index in [0.717, 1.165) is 16.5 Å². The number of benzene rings is 3. The van der Waals surface area contributed by atoms with Crippen molar-refractivity contribution in [2.45, 2.75) is 109 Å². The predicted octanol–water partition coefficient (Wildman–Crippen LogP) is 5.70. The molecule has 1 atom stereocenters. The predicted molar refractivity (Wildman–Crippen MR) is 281 cm³/mol. The van der Waals surface area contributed by atoms with Crippen LogP contribution in [-0.4, -0.2) is 132 Å². The summed E-state index contributed by atoms with van der Waals surface area (Å²) in [5.41, 5.74) is 2.80. The number of aromatic hydroxyl groups is 2. The summed E-state index contributed by atoms with van der Waals surface area (Å²) in [6.07, 6.45) is 1.76. The molecule has 0 bridgehead atoms. The van der Waals surface area contributed by atoms with Crippen molar-refractivity contribution in [2.24, 2.45) is 5.92 Å². The maximum atomic E-state index is 14.0. The number of ether oxygens (including phenoxy) is 2. The largest absolute Gasteiger partial charge is 0.508 e. The number of sulfonamides is 1. The molecular formula is C55H61N9O12S. The lowest BCUT2D eigenvalue weighted by atomic mass is 9.86. The van der Waals surface area contributed by atoms with Crippen LogP contribution >= 0.6 is 0 Å². The van der Waals surface area contributed by atoms with Crippen LogP contribution in [0.5, 0.6) is 17.2 Å². The van der Waals surface area contributed by atoms with Crippen LogP contribution in [0.2, 0.25) is 0 Å². The highest BCUT2D eigenvalue weighted by Gasteiger charge is 2.46. The number of phenolic OH excluding ortho intramolecular Hbond substituents is 2. The Labute approximate surface area is 444 Å². The molecule has 2 saturated heterocycles. The van der Waals surface area contributed by atoms with Crippen molar-refractivity contribution in [3.05, 3.63) is 105 Å². The lowest BCUT2D eigenvalue weighted by molar-refractivity contribution is -0.172. The SMILES string of the molecule is CCNC(=O)c1nnc(-c2cc(C(C)C)c(O)cc2O)n1-c1ccc(S(=O)(=O)N2CCC(C(=O)N3CCC(N(C)C(=O)Oc4ccc5nc6c(c(CC)c5c4)Cn4c-6cc5c(c4=O)COC(=O)C5(O)CC)CC3)CC2)cc1. The number of hydrogen-bond acceptors (Lipinski definition) is 15. The standard InChI is InChI=1S/C55H61N9O12S/c1-7-36-38-24-34(12-15-43(38)57-47-40(36)28-63-44(47)26-42-41(52(63)69)29-75-53(70)55(42,72)8-2)76-54(71)60(6)32-18-20-61(21-19-32)51(68)31-16-22-62(23-17-31)77(73,74)35-13-10-33(11-14-35)64-48(58-59-49(64)50(67)56-9-3)39-25-37(30(4)5)45(65)27-46(39)66/h10-15,24-27,30-32,65-66,72H,7-9,16-23,28-29H2,1-6H3,(H,56,67). The number of esters is 1. The number of pyridine rings is 2. The van der Waals surface area contributed by atoms with Gasteiger partial charge in [-0.3, -0.25) is 19.0 Å². The first kappa shape index (κ1) is 52.7. The highest BCUT2D eigenvalue weighted by molar-refractivity contribution is 7.89. The van der Waals surface area contributed by atoms with E-state index in [4.69, 9.17) is 14.5 Å². The quantitative estimate of drug-likeness (QED) is 0.107. The lowest BCUT2D eigenvalue weighted by Crippen LogP contribution is -2.50. The number of nitrogens with one attached hydrogen (secondary N) is 1. The van der Waals surface area contributed by atoms with Gasteiger partial charge in [0.1, 0.15) is 23.9 Å². The maximum absolute atomic E-state index is 14.0. The van der Waals surface area contributed by atoms with Gasteiger partial charge in [0.05, 0.1) is 39.5 Å². The fourth-order valence-corrected chi connectivity index (χ4v) is 12.7. The Kier molecular flexibility index (Phi) is 13.9. The Morgan fingerprint density at radius 2 is 1.62 bits per heavy atom. The number of likely N-dealkylation sites (tertiary alicyclic amines) is 1. The monoisotopic (exact) mass is 1070 g/mol. The zero-order chi connectivity index (χ0) is 54.8. The summed E-state index contributed by atoms with van der Waals surface area (Å²) >= 11 is 0. The number of aliphatic hydroxyl groups is 1. The van der Waals surface area contributed by atoms with Gasteiger partial charge in [-0.05, 0) is 117 Å². The highest BCUT2D eigenvalue weighted by atomic mass is 32.2. The number of carbonyl (C=O) groups excluding carboxylic acids is 4. The average molecular weight is 1070 g/mol. The van der Waals surface area contributed by atoms with Crippen molar-refractivity contribution < 1.29 is 52.4 Å². The fraction of sp³-hybridized carbons (Fsp3) is 0.418. The smallest absolute Gasteiger partial charge is 0.415 e. The Hall–Kier alpha value is -7.69. The molecule has 404 valence electrons. The molecule has 0 aliphatic carbocycles. The zero-order valence-electron chi connectivity index (χ0n) is 43.7. The number of phenols is 2. The molecule has 4 aliphatic heterocycles. The van der Waals surface area contributed by atoms with Gasteiger partial charge in [-0.2, -0.15) is 4.31 Å². The number of cyclic esters (lactones) is 1. The summed E-state index contributed by atoms with van der Waals surface area (Å²) in [5.74, 6) is -1.91. The number of piperidine rings is 2. The van der Waals surface area contributed by atoms with Crippen LogP contribution in [0.1, 0.15) is 111 Å². The van der Waals surface area contributed by atoms with E-state index in [0.29, 0.717) is 85.6 Å². The van der Waals surface area contributed by atoms with Gasteiger partial charge in [-0.25, -0.2) is 23.0 Å². The van der Waals surface area contributed by atoms with Crippen molar-refractivity contribution in [1.29, 1.82) is 0 Å². The minimum Gasteiger partial charge on any atom is -0.508 e. The molecule has 1 unspecified atom stereocenters. The molecule has 10 rings (SSSR count). The number of aryl methyl sites for hydroxylation is 1. The van der Waals surface area contributed by atoms with Gasteiger partial charge in [0.2, 0.25) is 21.8 Å². The first-order valence-corrected chi connectivity index (χ1v) is 27.5. The second kappa shape index (κ2) is 20.4. The molecule has 21 nitrogen and oxygen atoms in total. The molecule has 0 radical (unpaired) electrons. The van der Waals surface area contributed by atoms with Gasteiger partial charge in [0, 0.05) is 80.0 Å². The van der Waals surface area contributed by atoms with E-state index in [9.17, 15) is 47.7 Å². The van der Waals surface area contributed by atoms with Crippen molar-refractivity contribution in [2.75, 3.05) is 39.8 Å². The van der Waals surface area contributed by atoms with Gasteiger partial charge in [0.15, 0.2) is 11.4 Å². The summed E-state index contributed by atoms with van der Waals surface area (Å²) in [6, 6.07) is 15.4. The first-order chi connectivity index (χ1) is 36.8. The molecule has 0 spiro atoms. The number of rotatable bonds is 12. The van der Waals surface area contributed by atoms with Crippen molar-refractivity contribution in [3.8, 4) is 45.7 Å². The summed E-state index contributed by atoms with van der Waals surface area (Å²) in [5, 5.41) is 44.5. The Bertz CT molecular complexity index is 3560. The number of hydrogen-bond donors (Lipinski definition) is 4. The van der Waals surface area contributed by atoms with Gasteiger partial charge in [-0.1, -0.05) is 27.7 Å². The van der Waals surface area contributed by atoms with E-state index in [1.165, 1.54) is 39.2 Å². The van der Waals surface area contributed by atoms with E-state index in [1.807, 2.05) is 20.8 Å². The van der Waals surface area contributed by atoms with Gasteiger partial charge in [-0.15, -0.1) is 10.2 Å². The molecule has 6 aromatic rings. The molecule has 22 heteroatoms. The number of amides is 3. The number of aromatic nitrogens is 5. The summed E-state index contributed by atoms with van der Waals surface area (Å²) in [6.45, 7) is 10.6. The molecule has 3 aromatic carbocycles. The van der Waals surface area contributed by atoms with Crippen LogP contribution in [0.25, 0.3) is 39.4 Å². The number of carbonyl (C=O) groups is 4. The molecule has 77 heavy (non-hydrogen) atoms. The van der Waals surface area contributed by atoms with E-state index in [2.05, 4.69) is 15.5 Å². The van der Waals surface area contributed by atoms with Gasteiger partial charge < -0.3 is 44.5 Å². The minimum absolute atomic E-state index is 0.0133. The van der Waals surface area contributed by atoms with E-state index in [1.54, 1.807) is 65.6 Å².